The number of hydrogen-bond donors (Lipinski definition) is 1. The summed E-state index contributed by atoms with van der Waals surface area (Å²) in [7, 11) is 0. The predicted molar refractivity (Wildman–Crippen MR) is 81.7 cm³/mol. The Labute approximate surface area is 120 Å². The van der Waals surface area contributed by atoms with Crippen LogP contribution in [0.15, 0.2) is 36.5 Å². The molecule has 1 aliphatic rings. The van der Waals surface area contributed by atoms with E-state index in [0.717, 1.165) is 24.9 Å². The molecule has 3 atom stereocenters. The molecule has 0 spiro atoms. The molecule has 1 fully saturated rings. The summed E-state index contributed by atoms with van der Waals surface area (Å²) >= 11 is 0. The number of pyridine rings is 1. The second-order valence-corrected chi connectivity index (χ2v) is 5.52. The number of hydrogen-bond acceptors (Lipinski definition) is 3. The zero-order chi connectivity index (χ0) is 13.9. The van der Waals surface area contributed by atoms with Gasteiger partial charge in [0, 0.05) is 11.6 Å². The SMILES string of the molecule is CCNC(c1cccc2ncccc12)C1CCC(C)O1. The fourth-order valence-corrected chi connectivity index (χ4v) is 3.14. The van der Waals surface area contributed by atoms with Crippen LogP contribution in [0.5, 0.6) is 0 Å². The molecule has 20 heavy (non-hydrogen) atoms. The molecular weight excluding hydrogens is 248 g/mol. The van der Waals surface area contributed by atoms with E-state index in [-0.39, 0.29) is 12.1 Å². The van der Waals surface area contributed by atoms with Crippen molar-refractivity contribution in [2.45, 2.75) is 44.9 Å². The van der Waals surface area contributed by atoms with Crippen molar-refractivity contribution in [1.82, 2.24) is 10.3 Å². The summed E-state index contributed by atoms with van der Waals surface area (Å²) in [4.78, 5) is 4.46. The maximum Gasteiger partial charge on any atom is 0.0774 e. The normalized spacial score (nSPS) is 24.1. The molecule has 3 rings (SSSR count). The van der Waals surface area contributed by atoms with E-state index in [9.17, 15) is 0 Å². The Balaban J connectivity index is 2.01. The van der Waals surface area contributed by atoms with E-state index in [1.165, 1.54) is 10.9 Å². The smallest absolute Gasteiger partial charge is 0.0774 e. The van der Waals surface area contributed by atoms with E-state index in [2.05, 4.69) is 48.4 Å². The highest BCUT2D eigenvalue weighted by atomic mass is 16.5. The fraction of sp³-hybridized carbons (Fsp3) is 0.471. The second-order valence-electron chi connectivity index (χ2n) is 5.52. The lowest BCUT2D eigenvalue weighted by molar-refractivity contribution is 0.0322. The minimum absolute atomic E-state index is 0.248. The lowest BCUT2D eigenvalue weighted by atomic mass is 9.95. The zero-order valence-electron chi connectivity index (χ0n) is 12.2. The Kier molecular flexibility index (Phi) is 3.99. The van der Waals surface area contributed by atoms with E-state index in [1.807, 2.05) is 12.3 Å². The van der Waals surface area contributed by atoms with Crippen molar-refractivity contribution in [2.75, 3.05) is 6.54 Å². The molecule has 2 heterocycles. The van der Waals surface area contributed by atoms with Crippen LogP contribution in [0, 0.1) is 0 Å². The van der Waals surface area contributed by atoms with Crippen LogP contribution in [0.2, 0.25) is 0 Å². The van der Waals surface area contributed by atoms with Crippen LogP contribution >= 0.6 is 0 Å². The predicted octanol–water partition coefficient (Wildman–Crippen LogP) is 3.45. The minimum Gasteiger partial charge on any atom is -0.373 e. The van der Waals surface area contributed by atoms with Crippen molar-refractivity contribution in [1.29, 1.82) is 0 Å². The van der Waals surface area contributed by atoms with Crippen molar-refractivity contribution in [2.24, 2.45) is 0 Å². The summed E-state index contributed by atoms with van der Waals surface area (Å²) in [5, 5.41) is 4.83. The lowest BCUT2D eigenvalue weighted by Crippen LogP contribution is -2.32. The van der Waals surface area contributed by atoms with Crippen LogP contribution in [0.25, 0.3) is 10.9 Å². The summed E-state index contributed by atoms with van der Waals surface area (Å²) in [6.07, 6.45) is 4.75. The van der Waals surface area contributed by atoms with Crippen molar-refractivity contribution in [3.63, 3.8) is 0 Å². The number of rotatable bonds is 4. The molecule has 1 aliphatic heterocycles. The third-order valence-electron chi connectivity index (χ3n) is 4.08. The van der Waals surface area contributed by atoms with E-state index in [4.69, 9.17) is 4.74 Å². The number of likely N-dealkylation sites (N-methyl/N-ethyl adjacent to an activating group) is 1. The van der Waals surface area contributed by atoms with Crippen LogP contribution in [-0.4, -0.2) is 23.7 Å². The first-order valence-electron chi connectivity index (χ1n) is 7.52. The fourth-order valence-electron chi connectivity index (χ4n) is 3.14. The maximum atomic E-state index is 6.10. The molecule has 1 N–H and O–H groups in total. The van der Waals surface area contributed by atoms with Gasteiger partial charge in [-0.2, -0.15) is 0 Å². The first kappa shape index (κ1) is 13.5. The first-order valence-corrected chi connectivity index (χ1v) is 7.52. The third kappa shape index (κ3) is 2.56. The van der Waals surface area contributed by atoms with Gasteiger partial charge in [-0.1, -0.05) is 25.1 Å². The Bertz CT molecular complexity index is 579. The summed E-state index contributed by atoms with van der Waals surface area (Å²) in [6.45, 7) is 5.25. The Hall–Kier alpha value is -1.45. The number of ether oxygens (including phenoxy) is 1. The number of fused-ring (bicyclic) bond motifs is 1. The second kappa shape index (κ2) is 5.90. The minimum atomic E-state index is 0.248. The molecule has 1 aromatic carbocycles. The topological polar surface area (TPSA) is 34.2 Å². The zero-order valence-corrected chi connectivity index (χ0v) is 12.2. The maximum absolute atomic E-state index is 6.10. The molecule has 0 aliphatic carbocycles. The molecule has 106 valence electrons. The molecule has 0 bridgehead atoms. The van der Waals surface area contributed by atoms with Gasteiger partial charge in [0.05, 0.1) is 23.8 Å². The molecule has 0 amide bonds. The molecular formula is C17H22N2O. The van der Waals surface area contributed by atoms with Crippen LogP contribution in [-0.2, 0) is 4.74 Å². The Morgan fingerprint density at radius 2 is 2.20 bits per heavy atom. The van der Waals surface area contributed by atoms with Crippen molar-refractivity contribution in [3.05, 3.63) is 42.1 Å². The summed E-state index contributed by atoms with van der Waals surface area (Å²) < 4.78 is 6.10. The van der Waals surface area contributed by atoms with E-state index >= 15 is 0 Å². The molecule has 1 aromatic heterocycles. The van der Waals surface area contributed by atoms with E-state index < -0.39 is 0 Å². The van der Waals surface area contributed by atoms with Gasteiger partial charge >= 0.3 is 0 Å². The highest BCUT2D eigenvalue weighted by Gasteiger charge is 2.30. The van der Waals surface area contributed by atoms with E-state index in [1.54, 1.807) is 0 Å². The molecule has 0 radical (unpaired) electrons. The molecule has 3 unspecified atom stereocenters. The van der Waals surface area contributed by atoms with Gasteiger partial charge in [-0.05, 0) is 44.0 Å². The highest BCUT2D eigenvalue weighted by Crippen LogP contribution is 2.33. The van der Waals surface area contributed by atoms with Gasteiger partial charge in [0.1, 0.15) is 0 Å². The lowest BCUT2D eigenvalue weighted by Gasteiger charge is -2.26. The van der Waals surface area contributed by atoms with Gasteiger partial charge in [-0.25, -0.2) is 0 Å². The number of aromatic nitrogens is 1. The molecule has 0 saturated carbocycles. The first-order chi connectivity index (χ1) is 9.79. The van der Waals surface area contributed by atoms with Gasteiger partial charge in [0.25, 0.3) is 0 Å². The average molecular weight is 270 g/mol. The average Bonchev–Trinajstić information content (AvgIpc) is 2.91. The largest absolute Gasteiger partial charge is 0.373 e. The number of nitrogens with zero attached hydrogens (tertiary/aromatic N) is 1. The van der Waals surface area contributed by atoms with Crippen LogP contribution in [0.4, 0.5) is 0 Å². The summed E-state index contributed by atoms with van der Waals surface area (Å²) in [5.74, 6) is 0. The summed E-state index contributed by atoms with van der Waals surface area (Å²) in [6, 6.07) is 10.8. The van der Waals surface area contributed by atoms with E-state index in [0.29, 0.717) is 6.10 Å². The van der Waals surface area contributed by atoms with Gasteiger partial charge in [-0.15, -0.1) is 0 Å². The van der Waals surface area contributed by atoms with Crippen molar-refractivity contribution >= 4 is 10.9 Å². The Morgan fingerprint density at radius 1 is 1.30 bits per heavy atom. The van der Waals surface area contributed by atoms with Crippen molar-refractivity contribution < 1.29 is 4.74 Å². The third-order valence-corrected chi connectivity index (χ3v) is 4.08. The Morgan fingerprint density at radius 3 is 2.95 bits per heavy atom. The van der Waals surface area contributed by atoms with Gasteiger partial charge < -0.3 is 10.1 Å². The summed E-state index contributed by atoms with van der Waals surface area (Å²) in [5.41, 5.74) is 2.36. The standard InChI is InChI=1S/C17H22N2O/c1-3-18-17(16-10-9-12(2)20-16)14-6-4-8-15-13(14)7-5-11-19-15/h4-8,11-12,16-18H,3,9-10H2,1-2H3. The molecule has 3 nitrogen and oxygen atoms in total. The van der Waals surface area contributed by atoms with Crippen LogP contribution in [0.3, 0.4) is 0 Å². The van der Waals surface area contributed by atoms with Gasteiger partial charge in [0.2, 0.25) is 0 Å². The quantitative estimate of drug-likeness (QED) is 0.924. The molecule has 3 heteroatoms. The number of nitrogens with one attached hydrogen (secondary N) is 1. The van der Waals surface area contributed by atoms with Gasteiger partial charge in [0.15, 0.2) is 0 Å². The van der Waals surface area contributed by atoms with Gasteiger partial charge in [-0.3, -0.25) is 4.98 Å². The van der Waals surface area contributed by atoms with Crippen LogP contribution < -0.4 is 5.32 Å². The highest BCUT2D eigenvalue weighted by molar-refractivity contribution is 5.82. The van der Waals surface area contributed by atoms with Crippen molar-refractivity contribution in [3.8, 4) is 0 Å². The monoisotopic (exact) mass is 270 g/mol. The van der Waals surface area contributed by atoms with Crippen LogP contribution in [0.1, 0.15) is 38.3 Å². The molecule has 2 aromatic rings. The molecule has 1 saturated heterocycles. The number of benzene rings is 1.